The maximum absolute atomic E-state index is 12.6. The molecule has 0 aliphatic carbocycles. The molecule has 0 saturated heterocycles. The Balaban J connectivity index is 1.75. The van der Waals surface area contributed by atoms with Gasteiger partial charge in [0, 0.05) is 11.8 Å². The molecule has 2 heterocycles. The molecule has 0 radical (unpaired) electrons. The summed E-state index contributed by atoms with van der Waals surface area (Å²) in [7, 11) is 0. The van der Waals surface area contributed by atoms with Crippen molar-refractivity contribution in [1.29, 1.82) is 0 Å². The van der Waals surface area contributed by atoms with E-state index in [9.17, 15) is 22.8 Å². The fourth-order valence-corrected chi connectivity index (χ4v) is 2.20. The highest BCUT2D eigenvalue weighted by Gasteiger charge is 2.31. The van der Waals surface area contributed by atoms with Crippen LogP contribution >= 0.6 is 0 Å². The number of alkyl halides is 3. The number of carbonyl (C=O) groups is 2. The average molecular weight is 406 g/mol. The van der Waals surface area contributed by atoms with Gasteiger partial charge >= 0.3 is 6.36 Å². The summed E-state index contributed by atoms with van der Waals surface area (Å²) in [5.41, 5.74) is 0.0130. The topological polar surface area (TPSA) is 93.7 Å². The Kier molecular flexibility index (Phi) is 5.72. The van der Waals surface area contributed by atoms with E-state index in [1.165, 1.54) is 42.9 Å². The Morgan fingerprint density at radius 1 is 0.966 bits per heavy atom. The van der Waals surface area contributed by atoms with Crippen molar-refractivity contribution in [3.63, 3.8) is 0 Å². The zero-order valence-corrected chi connectivity index (χ0v) is 14.5. The normalized spacial score (nSPS) is 11.8. The molecule has 0 aliphatic heterocycles. The first-order valence-corrected chi connectivity index (χ1v) is 8.07. The lowest BCUT2D eigenvalue weighted by atomic mass is 10.2. The van der Waals surface area contributed by atoms with Crippen LogP contribution in [0.3, 0.4) is 0 Å². The van der Waals surface area contributed by atoms with Crippen LogP contribution in [0.4, 0.5) is 18.9 Å². The number of hydrogen-bond donors (Lipinski definition) is 2. The van der Waals surface area contributed by atoms with Crippen LogP contribution in [0, 0.1) is 0 Å². The van der Waals surface area contributed by atoms with Gasteiger partial charge in [0.1, 0.15) is 17.2 Å². The SMILES string of the molecule is O=C(Nc1ccc(OC(F)(F)F)cc1)C(=Cc1ccco1)NC(=O)c1ccco1. The zero-order chi connectivity index (χ0) is 20.9. The van der Waals surface area contributed by atoms with E-state index in [4.69, 9.17) is 8.83 Å². The van der Waals surface area contributed by atoms with Crippen molar-refractivity contribution in [1.82, 2.24) is 5.32 Å². The number of furan rings is 2. The van der Waals surface area contributed by atoms with Crippen molar-refractivity contribution in [3.8, 4) is 5.75 Å². The predicted molar refractivity (Wildman–Crippen MR) is 94.6 cm³/mol. The van der Waals surface area contributed by atoms with Crippen molar-refractivity contribution in [2.45, 2.75) is 6.36 Å². The first-order chi connectivity index (χ1) is 13.8. The van der Waals surface area contributed by atoms with E-state index in [1.54, 1.807) is 12.1 Å². The number of amides is 2. The van der Waals surface area contributed by atoms with E-state index >= 15 is 0 Å². The fourth-order valence-electron chi connectivity index (χ4n) is 2.20. The smallest absolute Gasteiger partial charge is 0.465 e. The molecule has 2 N–H and O–H groups in total. The van der Waals surface area contributed by atoms with E-state index < -0.39 is 23.9 Å². The van der Waals surface area contributed by atoms with Gasteiger partial charge in [-0.25, -0.2) is 0 Å². The molecule has 0 atom stereocenters. The van der Waals surface area contributed by atoms with Gasteiger partial charge in [0.15, 0.2) is 5.76 Å². The van der Waals surface area contributed by atoms with E-state index in [1.807, 2.05) is 0 Å². The van der Waals surface area contributed by atoms with Crippen molar-refractivity contribution in [2.75, 3.05) is 5.32 Å². The first kappa shape index (κ1) is 19.8. The van der Waals surface area contributed by atoms with Crippen molar-refractivity contribution < 1.29 is 36.3 Å². The summed E-state index contributed by atoms with van der Waals surface area (Å²) in [6, 6.07) is 10.6. The Morgan fingerprint density at radius 2 is 1.66 bits per heavy atom. The molecular weight excluding hydrogens is 393 g/mol. The molecule has 0 fully saturated rings. The minimum atomic E-state index is -4.82. The van der Waals surface area contributed by atoms with Crippen LogP contribution in [0.25, 0.3) is 6.08 Å². The molecule has 0 saturated carbocycles. The van der Waals surface area contributed by atoms with Gasteiger partial charge in [-0.2, -0.15) is 0 Å². The van der Waals surface area contributed by atoms with E-state index in [-0.39, 0.29) is 17.1 Å². The highest BCUT2D eigenvalue weighted by atomic mass is 19.4. The number of nitrogens with one attached hydrogen (secondary N) is 2. The Bertz CT molecular complexity index is 992. The minimum Gasteiger partial charge on any atom is -0.465 e. The second kappa shape index (κ2) is 8.38. The molecule has 2 amide bonds. The van der Waals surface area contributed by atoms with Crippen LogP contribution in [-0.4, -0.2) is 18.2 Å². The van der Waals surface area contributed by atoms with Gasteiger partial charge in [-0.05, 0) is 48.5 Å². The van der Waals surface area contributed by atoms with Crippen molar-refractivity contribution >= 4 is 23.6 Å². The van der Waals surface area contributed by atoms with Gasteiger partial charge in [0.05, 0.1) is 12.5 Å². The Labute approximate surface area is 161 Å². The Morgan fingerprint density at radius 3 is 2.24 bits per heavy atom. The summed E-state index contributed by atoms with van der Waals surface area (Å²) in [6.07, 6.45) is -0.846. The van der Waals surface area contributed by atoms with Gasteiger partial charge in [0.2, 0.25) is 0 Å². The molecule has 150 valence electrons. The van der Waals surface area contributed by atoms with E-state index in [0.29, 0.717) is 5.76 Å². The summed E-state index contributed by atoms with van der Waals surface area (Å²) in [6.45, 7) is 0. The summed E-state index contributed by atoms with van der Waals surface area (Å²) in [5.74, 6) is -1.56. The predicted octanol–water partition coefficient (Wildman–Crippen LogP) is 4.18. The van der Waals surface area contributed by atoms with Gasteiger partial charge in [0.25, 0.3) is 11.8 Å². The number of hydrogen-bond acceptors (Lipinski definition) is 5. The van der Waals surface area contributed by atoms with Gasteiger partial charge < -0.3 is 24.2 Å². The van der Waals surface area contributed by atoms with Gasteiger partial charge in [-0.3, -0.25) is 9.59 Å². The Hall–Kier alpha value is -3.95. The van der Waals surface area contributed by atoms with Crippen LogP contribution in [0.5, 0.6) is 5.75 Å². The third kappa shape index (κ3) is 5.76. The second-order valence-corrected chi connectivity index (χ2v) is 5.53. The number of halogens is 3. The summed E-state index contributed by atoms with van der Waals surface area (Å²) in [4.78, 5) is 24.8. The van der Waals surface area contributed by atoms with Crippen molar-refractivity contribution in [2.24, 2.45) is 0 Å². The second-order valence-electron chi connectivity index (χ2n) is 5.53. The number of ether oxygens (including phenoxy) is 1. The van der Waals surface area contributed by atoms with Gasteiger partial charge in [-0.1, -0.05) is 0 Å². The van der Waals surface area contributed by atoms with E-state index in [0.717, 1.165) is 12.1 Å². The highest BCUT2D eigenvalue weighted by Crippen LogP contribution is 2.24. The molecule has 2 aromatic heterocycles. The molecule has 0 spiro atoms. The molecule has 7 nitrogen and oxygen atoms in total. The molecule has 0 aliphatic rings. The molecule has 3 rings (SSSR count). The number of rotatable bonds is 6. The molecule has 1 aromatic carbocycles. The van der Waals surface area contributed by atoms with Crippen LogP contribution < -0.4 is 15.4 Å². The standard InChI is InChI=1S/C19H13F3N2O5/c20-19(21,22)29-13-7-5-12(6-8-13)23-17(25)15(11-14-3-1-9-27-14)24-18(26)16-4-2-10-28-16/h1-11H,(H,23,25)(H,24,26). The molecule has 29 heavy (non-hydrogen) atoms. The van der Waals surface area contributed by atoms with Crippen LogP contribution in [0.15, 0.2) is 75.6 Å². The number of benzene rings is 1. The van der Waals surface area contributed by atoms with Crippen molar-refractivity contribution in [3.05, 3.63) is 78.3 Å². The van der Waals surface area contributed by atoms with Gasteiger partial charge in [-0.15, -0.1) is 13.2 Å². The number of anilines is 1. The summed E-state index contributed by atoms with van der Waals surface area (Å²) < 4.78 is 50.6. The summed E-state index contributed by atoms with van der Waals surface area (Å²) in [5, 5.41) is 4.87. The molecule has 0 bridgehead atoms. The third-order valence-corrected chi connectivity index (χ3v) is 3.41. The van der Waals surface area contributed by atoms with Crippen LogP contribution in [0.1, 0.15) is 16.3 Å². The quantitative estimate of drug-likeness (QED) is 0.599. The lowest BCUT2D eigenvalue weighted by molar-refractivity contribution is -0.274. The average Bonchev–Trinajstić information content (AvgIpc) is 3.35. The molecule has 0 unspecified atom stereocenters. The maximum Gasteiger partial charge on any atom is 0.573 e. The molecule has 3 aromatic rings. The summed E-state index contributed by atoms with van der Waals surface area (Å²) >= 11 is 0. The highest BCUT2D eigenvalue weighted by molar-refractivity contribution is 6.10. The van der Waals surface area contributed by atoms with Crippen LogP contribution in [-0.2, 0) is 4.79 Å². The fraction of sp³-hybridized carbons (Fsp3) is 0.0526. The third-order valence-electron chi connectivity index (χ3n) is 3.41. The monoisotopic (exact) mass is 406 g/mol. The molecule has 10 heteroatoms. The van der Waals surface area contributed by atoms with Crippen LogP contribution in [0.2, 0.25) is 0 Å². The lowest BCUT2D eigenvalue weighted by Gasteiger charge is -2.11. The first-order valence-electron chi connectivity index (χ1n) is 8.07. The lowest BCUT2D eigenvalue weighted by Crippen LogP contribution is -2.30. The molecular formula is C19H13F3N2O5. The number of carbonyl (C=O) groups excluding carboxylic acids is 2. The maximum atomic E-state index is 12.6. The zero-order valence-electron chi connectivity index (χ0n) is 14.5. The minimum absolute atomic E-state index is 0.0169. The van der Waals surface area contributed by atoms with E-state index in [2.05, 4.69) is 15.4 Å². The largest absolute Gasteiger partial charge is 0.573 e.